The molecule has 0 amide bonds. The van der Waals surface area contributed by atoms with E-state index in [1.807, 2.05) is 43.2 Å². The van der Waals surface area contributed by atoms with Crippen LogP contribution in [0.15, 0.2) is 110 Å². The van der Waals surface area contributed by atoms with Crippen LogP contribution in [0.2, 0.25) is 0 Å². The second-order valence-electron chi connectivity index (χ2n) is 8.17. The van der Waals surface area contributed by atoms with Gasteiger partial charge in [0.25, 0.3) is 0 Å². The summed E-state index contributed by atoms with van der Waals surface area (Å²) in [6.07, 6.45) is 11.7. The molecule has 0 atom stereocenters. The minimum absolute atomic E-state index is 0.493. The highest BCUT2D eigenvalue weighted by Crippen LogP contribution is 2.62. The van der Waals surface area contributed by atoms with Crippen molar-refractivity contribution in [2.24, 2.45) is 0 Å². The lowest BCUT2D eigenvalue weighted by molar-refractivity contribution is 0.742. The SMILES string of the molecule is c1ccc(N2c3ccccc3C3(c4cnccc4-c4ccncc43)c3ccncc32)cc1. The fraction of sp³-hybridized carbons (Fsp3) is 0.0357. The average molecular weight is 410 g/mol. The maximum absolute atomic E-state index is 4.56. The number of aromatic nitrogens is 3. The molecular formula is C28H18N4. The minimum Gasteiger partial charge on any atom is -0.308 e. The van der Waals surface area contributed by atoms with E-state index in [2.05, 4.69) is 86.6 Å². The Bertz CT molecular complexity index is 1400. The molecule has 2 aromatic carbocycles. The Morgan fingerprint density at radius 1 is 0.500 bits per heavy atom. The highest BCUT2D eigenvalue weighted by Gasteiger charge is 2.52. The molecule has 3 aromatic heterocycles. The van der Waals surface area contributed by atoms with Crippen LogP contribution in [0.5, 0.6) is 0 Å². The maximum Gasteiger partial charge on any atom is 0.0785 e. The van der Waals surface area contributed by atoms with Crippen molar-refractivity contribution in [3.63, 3.8) is 0 Å². The van der Waals surface area contributed by atoms with E-state index in [1.165, 1.54) is 33.4 Å². The highest BCUT2D eigenvalue weighted by molar-refractivity contribution is 5.94. The maximum atomic E-state index is 4.56. The second-order valence-corrected chi connectivity index (χ2v) is 8.17. The molecular weight excluding hydrogens is 392 g/mol. The number of hydrogen-bond acceptors (Lipinski definition) is 4. The van der Waals surface area contributed by atoms with Crippen molar-refractivity contribution >= 4 is 17.1 Å². The predicted octanol–water partition coefficient (Wildman–Crippen LogP) is 6.02. The number of nitrogens with zero attached hydrogens (tertiary/aromatic N) is 4. The molecule has 2 aliphatic rings. The number of benzene rings is 2. The molecule has 0 fully saturated rings. The van der Waals surface area contributed by atoms with Gasteiger partial charge in [0.1, 0.15) is 0 Å². The van der Waals surface area contributed by atoms with Crippen LogP contribution < -0.4 is 4.90 Å². The van der Waals surface area contributed by atoms with E-state index in [1.54, 1.807) is 0 Å². The zero-order valence-electron chi connectivity index (χ0n) is 17.2. The summed E-state index contributed by atoms with van der Waals surface area (Å²) in [5.41, 5.74) is 10.1. The van der Waals surface area contributed by atoms with Crippen molar-refractivity contribution in [1.82, 2.24) is 15.0 Å². The van der Waals surface area contributed by atoms with Crippen LogP contribution in [-0.4, -0.2) is 15.0 Å². The first-order valence-corrected chi connectivity index (χ1v) is 10.7. The normalized spacial score (nSPS) is 14.4. The molecule has 1 aliphatic heterocycles. The lowest BCUT2D eigenvalue weighted by atomic mass is 9.65. The van der Waals surface area contributed by atoms with Crippen molar-refractivity contribution < 1.29 is 0 Å². The van der Waals surface area contributed by atoms with Gasteiger partial charge in [0.05, 0.1) is 23.0 Å². The Morgan fingerprint density at radius 3 is 1.84 bits per heavy atom. The molecule has 4 nitrogen and oxygen atoms in total. The van der Waals surface area contributed by atoms with Gasteiger partial charge in [-0.2, -0.15) is 0 Å². The molecule has 0 N–H and O–H groups in total. The van der Waals surface area contributed by atoms with Crippen molar-refractivity contribution in [2.45, 2.75) is 5.41 Å². The van der Waals surface area contributed by atoms with E-state index < -0.39 is 5.41 Å². The molecule has 5 aromatic rings. The summed E-state index contributed by atoms with van der Waals surface area (Å²) < 4.78 is 0. The fourth-order valence-corrected chi connectivity index (χ4v) is 5.58. The van der Waals surface area contributed by atoms with Crippen molar-refractivity contribution in [3.8, 4) is 11.1 Å². The van der Waals surface area contributed by atoms with E-state index in [0.29, 0.717) is 0 Å². The second kappa shape index (κ2) is 6.34. The lowest BCUT2D eigenvalue weighted by Crippen LogP contribution is -2.36. The van der Waals surface area contributed by atoms with E-state index in [-0.39, 0.29) is 0 Å². The van der Waals surface area contributed by atoms with E-state index in [9.17, 15) is 0 Å². The lowest BCUT2D eigenvalue weighted by Gasteiger charge is -2.44. The van der Waals surface area contributed by atoms with Crippen LogP contribution in [0, 0.1) is 0 Å². The van der Waals surface area contributed by atoms with Gasteiger partial charge in [-0.25, -0.2) is 0 Å². The third-order valence-electron chi connectivity index (χ3n) is 6.75. The van der Waals surface area contributed by atoms with Gasteiger partial charge in [0.2, 0.25) is 0 Å². The Balaban J connectivity index is 1.67. The quantitative estimate of drug-likeness (QED) is 0.332. The molecule has 0 radical (unpaired) electrons. The standard InChI is InChI=1S/C28H18N4/c1-2-6-19(7-3-1)32-26-9-5-4-8-22(26)28(23-12-15-31-18-27(23)32)24-16-29-13-10-20(24)21-11-14-30-17-25(21)28/h1-18H. The van der Waals surface area contributed by atoms with Gasteiger partial charge >= 0.3 is 0 Å². The van der Waals surface area contributed by atoms with E-state index in [4.69, 9.17) is 0 Å². The van der Waals surface area contributed by atoms with Gasteiger partial charge < -0.3 is 4.90 Å². The number of fused-ring (bicyclic) bond motifs is 9. The fourth-order valence-electron chi connectivity index (χ4n) is 5.58. The number of para-hydroxylation sites is 2. The van der Waals surface area contributed by atoms with Crippen molar-refractivity contribution in [2.75, 3.05) is 4.90 Å². The molecule has 150 valence electrons. The van der Waals surface area contributed by atoms with Gasteiger partial charge in [-0.3, -0.25) is 15.0 Å². The molecule has 7 rings (SSSR count). The summed E-state index contributed by atoms with van der Waals surface area (Å²) in [7, 11) is 0. The van der Waals surface area contributed by atoms with Crippen LogP contribution in [0.25, 0.3) is 11.1 Å². The first-order valence-electron chi connectivity index (χ1n) is 10.7. The summed E-state index contributed by atoms with van der Waals surface area (Å²) in [5, 5.41) is 0. The molecule has 4 heteroatoms. The molecule has 0 bridgehead atoms. The average Bonchev–Trinajstić information content (AvgIpc) is 3.16. The molecule has 1 spiro atoms. The number of rotatable bonds is 1. The third kappa shape index (κ3) is 2.04. The summed E-state index contributed by atoms with van der Waals surface area (Å²) in [4.78, 5) is 16.0. The van der Waals surface area contributed by atoms with Crippen LogP contribution in [-0.2, 0) is 5.41 Å². The largest absolute Gasteiger partial charge is 0.308 e. The van der Waals surface area contributed by atoms with Crippen LogP contribution in [0.4, 0.5) is 17.1 Å². The Kier molecular flexibility index (Phi) is 3.45. The smallest absolute Gasteiger partial charge is 0.0785 e. The number of pyridine rings is 3. The summed E-state index contributed by atoms with van der Waals surface area (Å²) in [6.45, 7) is 0. The molecule has 4 heterocycles. The predicted molar refractivity (Wildman–Crippen MR) is 125 cm³/mol. The van der Waals surface area contributed by atoms with Crippen molar-refractivity contribution in [1.29, 1.82) is 0 Å². The summed E-state index contributed by atoms with van der Waals surface area (Å²) >= 11 is 0. The number of anilines is 3. The molecule has 1 aliphatic carbocycles. The Morgan fingerprint density at radius 2 is 1.09 bits per heavy atom. The first-order chi connectivity index (χ1) is 15.9. The van der Waals surface area contributed by atoms with Gasteiger partial charge in [0, 0.05) is 36.7 Å². The monoisotopic (exact) mass is 410 g/mol. The third-order valence-corrected chi connectivity index (χ3v) is 6.75. The van der Waals surface area contributed by atoms with Gasteiger partial charge in [-0.15, -0.1) is 0 Å². The molecule has 32 heavy (non-hydrogen) atoms. The zero-order chi connectivity index (χ0) is 21.1. The topological polar surface area (TPSA) is 41.9 Å². The van der Waals surface area contributed by atoms with Gasteiger partial charge in [0.15, 0.2) is 0 Å². The first kappa shape index (κ1) is 17.4. The molecule has 0 saturated heterocycles. The van der Waals surface area contributed by atoms with Crippen molar-refractivity contribution in [3.05, 3.63) is 132 Å². The summed E-state index contributed by atoms with van der Waals surface area (Å²) in [5.74, 6) is 0. The zero-order valence-corrected chi connectivity index (χ0v) is 17.2. The molecule has 0 saturated carbocycles. The highest BCUT2D eigenvalue weighted by atomic mass is 15.2. The Labute approximate surface area is 185 Å². The van der Waals surface area contributed by atoms with Gasteiger partial charge in [-0.05, 0) is 69.8 Å². The minimum atomic E-state index is -0.493. The van der Waals surface area contributed by atoms with Crippen LogP contribution >= 0.6 is 0 Å². The summed E-state index contributed by atoms with van der Waals surface area (Å²) in [6, 6.07) is 25.6. The van der Waals surface area contributed by atoms with E-state index >= 15 is 0 Å². The van der Waals surface area contributed by atoms with Gasteiger partial charge in [-0.1, -0.05) is 36.4 Å². The van der Waals surface area contributed by atoms with Crippen LogP contribution in [0.1, 0.15) is 22.3 Å². The van der Waals surface area contributed by atoms with E-state index in [0.717, 1.165) is 17.1 Å². The Hall–Kier alpha value is -4.31. The molecule has 0 unspecified atom stereocenters. The van der Waals surface area contributed by atoms with Crippen LogP contribution in [0.3, 0.4) is 0 Å². The number of hydrogen-bond donors (Lipinski definition) is 0.